The molecule has 0 aromatic carbocycles. The summed E-state index contributed by atoms with van der Waals surface area (Å²) >= 11 is 0. The van der Waals surface area contributed by atoms with Crippen molar-refractivity contribution in [1.82, 2.24) is 0 Å². The first-order valence-electron chi connectivity index (χ1n) is 6.86. The standard InChI is InChI=1S/2C7H14.2CH3.Co/c2*1-2-7-5-3-4-6-7;;;/h2*7H,2-6H2,1H3;2*1H3;/q;;2*-1;+2. The van der Waals surface area contributed by atoms with Gasteiger partial charge >= 0.3 is 16.8 Å². The quantitative estimate of drug-likeness (QED) is 0.540. The van der Waals surface area contributed by atoms with E-state index in [1.54, 1.807) is 0 Å². The summed E-state index contributed by atoms with van der Waals surface area (Å²) in [5, 5.41) is 0. The molecular weight excluding hydrogens is 251 g/mol. The van der Waals surface area contributed by atoms with Gasteiger partial charge in [0.1, 0.15) is 0 Å². The van der Waals surface area contributed by atoms with Crippen molar-refractivity contribution in [1.29, 1.82) is 0 Å². The molecule has 0 spiro atoms. The molecule has 1 radical (unpaired) electrons. The Morgan fingerprint density at radius 3 is 1.00 bits per heavy atom. The number of hydrogen-bond donors (Lipinski definition) is 0. The van der Waals surface area contributed by atoms with Crippen LogP contribution in [0.5, 0.6) is 0 Å². The maximum absolute atomic E-state index is 2.30. The molecule has 0 aromatic rings. The Labute approximate surface area is 122 Å². The van der Waals surface area contributed by atoms with Gasteiger partial charge in [-0.1, -0.05) is 78.1 Å². The Morgan fingerprint density at radius 1 is 0.647 bits per heavy atom. The summed E-state index contributed by atoms with van der Waals surface area (Å²) in [6.45, 7) is 4.60. The monoisotopic (exact) mass is 285 g/mol. The van der Waals surface area contributed by atoms with E-state index in [1.165, 1.54) is 64.2 Å². The topological polar surface area (TPSA) is 0 Å². The van der Waals surface area contributed by atoms with Crippen LogP contribution in [0.4, 0.5) is 0 Å². The van der Waals surface area contributed by atoms with Crippen molar-refractivity contribution >= 4 is 0 Å². The van der Waals surface area contributed by atoms with E-state index in [1.807, 2.05) is 0 Å². The summed E-state index contributed by atoms with van der Waals surface area (Å²) in [5.74, 6) is 2.19. The normalized spacial score (nSPS) is 19.4. The number of hydrogen-bond acceptors (Lipinski definition) is 0. The van der Waals surface area contributed by atoms with E-state index in [2.05, 4.69) is 13.8 Å². The van der Waals surface area contributed by atoms with Crippen molar-refractivity contribution in [3.05, 3.63) is 14.9 Å². The van der Waals surface area contributed by atoms with Gasteiger partial charge in [-0.25, -0.2) is 0 Å². The minimum atomic E-state index is 0. The molecule has 2 aliphatic carbocycles. The van der Waals surface area contributed by atoms with Crippen molar-refractivity contribution in [3.63, 3.8) is 0 Å². The van der Waals surface area contributed by atoms with Crippen LogP contribution in [0.15, 0.2) is 0 Å². The first-order chi connectivity index (χ1) is 6.86. The second-order valence-electron chi connectivity index (χ2n) is 5.12. The van der Waals surface area contributed by atoms with Crippen LogP contribution in [0.1, 0.15) is 78.1 Å². The van der Waals surface area contributed by atoms with Crippen molar-refractivity contribution < 1.29 is 16.8 Å². The van der Waals surface area contributed by atoms with Gasteiger partial charge in [-0.15, -0.1) is 0 Å². The van der Waals surface area contributed by atoms with Crippen LogP contribution in [0.2, 0.25) is 0 Å². The zero-order valence-electron chi connectivity index (χ0n) is 12.6. The van der Waals surface area contributed by atoms with Gasteiger partial charge in [-0.05, 0) is 11.8 Å². The molecule has 107 valence electrons. The van der Waals surface area contributed by atoms with E-state index in [0.717, 1.165) is 11.8 Å². The minimum Gasteiger partial charge on any atom is -0.358 e. The molecule has 0 heterocycles. The Kier molecular flexibility index (Phi) is 19.4. The van der Waals surface area contributed by atoms with Crippen molar-refractivity contribution in [2.45, 2.75) is 78.1 Å². The second kappa shape index (κ2) is 14.6. The fourth-order valence-corrected chi connectivity index (χ4v) is 2.84. The van der Waals surface area contributed by atoms with Crippen LogP contribution in [-0.2, 0) is 16.8 Å². The van der Waals surface area contributed by atoms with E-state index in [9.17, 15) is 0 Å². The van der Waals surface area contributed by atoms with E-state index in [4.69, 9.17) is 0 Å². The van der Waals surface area contributed by atoms with Gasteiger partial charge in [0.05, 0.1) is 0 Å². The third kappa shape index (κ3) is 10.1. The Hall–Kier alpha value is 0.506. The smallest absolute Gasteiger partial charge is 0.358 e. The molecule has 2 saturated carbocycles. The van der Waals surface area contributed by atoms with Crippen LogP contribution in [0.3, 0.4) is 0 Å². The summed E-state index contributed by atoms with van der Waals surface area (Å²) in [6.07, 6.45) is 14.9. The predicted molar refractivity (Wildman–Crippen MR) is 77.3 cm³/mol. The zero-order valence-corrected chi connectivity index (χ0v) is 13.6. The summed E-state index contributed by atoms with van der Waals surface area (Å²) < 4.78 is 0. The average molecular weight is 285 g/mol. The fraction of sp³-hybridized carbons (Fsp3) is 0.875. The fourth-order valence-electron chi connectivity index (χ4n) is 2.84. The second-order valence-corrected chi connectivity index (χ2v) is 5.12. The van der Waals surface area contributed by atoms with Gasteiger partial charge < -0.3 is 14.9 Å². The Bertz CT molecular complexity index is 105. The maximum Gasteiger partial charge on any atom is 2.00 e. The molecule has 0 saturated heterocycles. The van der Waals surface area contributed by atoms with Crippen molar-refractivity contribution in [2.75, 3.05) is 0 Å². The molecule has 2 aliphatic rings. The average Bonchev–Trinajstić information content (AvgIpc) is 2.92. The van der Waals surface area contributed by atoms with Crippen LogP contribution in [0, 0.1) is 26.7 Å². The molecule has 0 bridgehead atoms. The molecule has 0 nitrogen and oxygen atoms in total. The van der Waals surface area contributed by atoms with Crippen LogP contribution in [0.25, 0.3) is 0 Å². The van der Waals surface area contributed by atoms with Gasteiger partial charge in [-0.3, -0.25) is 0 Å². The van der Waals surface area contributed by atoms with Crippen molar-refractivity contribution in [3.8, 4) is 0 Å². The first-order valence-corrected chi connectivity index (χ1v) is 6.86. The van der Waals surface area contributed by atoms with Gasteiger partial charge in [0.15, 0.2) is 0 Å². The molecular formula is C16H34Co. The van der Waals surface area contributed by atoms with E-state index >= 15 is 0 Å². The molecule has 17 heavy (non-hydrogen) atoms. The Balaban J connectivity index is -0.000000196. The summed E-state index contributed by atoms with van der Waals surface area (Å²) in [6, 6.07) is 0. The van der Waals surface area contributed by atoms with Gasteiger partial charge in [0.2, 0.25) is 0 Å². The predicted octanol–water partition coefficient (Wildman–Crippen LogP) is 6.07. The third-order valence-corrected chi connectivity index (χ3v) is 4.10. The molecule has 0 atom stereocenters. The summed E-state index contributed by atoms with van der Waals surface area (Å²) in [4.78, 5) is 0. The SMILES string of the molecule is CCC1CCCC1.CCC1CCCC1.[CH3-].[CH3-].[Co+2]. The third-order valence-electron chi connectivity index (χ3n) is 4.10. The summed E-state index contributed by atoms with van der Waals surface area (Å²) in [5.41, 5.74) is 0. The zero-order chi connectivity index (χ0) is 10.2. The van der Waals surface area contributed by atoms with E-state index in [-0.39, 0.29) is 31.6 Å². The molecule has 0 amide bonds. The van der Waals surface area contributed by atoms with Crippen molar-refractivity contribution in [2.24, 2.45) is 11.8 Å². The summed E-state index contributed by atoms with van der Waals surface area (Å²) in [7, 11) is 0. The number of rotatable bonds is 2. The molecule has 2 rings (SSSR count). The molecule has 0 N–H and O–H groups in total. The largest absolute Gasteiger partial charge is 2.00 e. The van der Waals surface area contributed by atoms with Gasteiger partial charge in [0.25, 0.3) is 0 Å². The van der Waals surface area contributed by atoms with Gasteiger partial charge in [-0.2, -0.15) is 0 Å². The van der Waals surface area contributed by atoms with Crippen LogP contribution < -0.4 is 0 Å². The molecule has 1 heteroatoms. The Morgan fingerprint density at radius 2 is 0.882 bits per heavy atom. The van der Waals surface area contributed by atoms with E-state index in [0.29, 0.717) is 0 Å². The molecule has 2 fully saturated rings. The maximum atomic E-state index is 2.30. The molecule has 0 aliphatic heterocycles. The first kappa shape index (κ1) is 22.7. The van der Waals surface area contributed by atoms with Crippen LogP contribution >= 0.6 is 0 Å². The van der Waals surface area contributed by atoms with Crippen LogP contribution in [-0.4, -0.2) is 0 Å². The molecule has 0 aromatic heterocycles. The minimum absolute atomic E-state index is 0. The molecule has 0 unspecified atom stereocenters. The van der Waals surface area contributed by atoms with E-state index < -0.39 is 0 Å². The van der Waals surface area contributed by atoms with Gasteiger partial charge in [0, 0.05) is 0 Å².